The van der Waals surface area contributed by atoms with E-state index in [1.165, 1.54) is 0 Å². The van der Waals surface area contributed by atoms with E-state index >= 15 is 0 Å². The lowest BCUT2D eigenvalue weighted by Crippen LogP contribution is -2.58. The number of carboxylic acids is 1. The van der Waals surface area contributed by atoms with Gasteiger partial charge in [0.1, 0.15) is 23.6 Å². The number of hydrogen-bond donors (Lipinski definition) is 9. The maximum Gasteiger partial charge on any atom is 0.303 e. The molecule has 0 aromatic heterocycles. The molecule has 0 fully saturated rings. The number of phenolic OH excluding ortho intramolecular Hbond substituents is 1. The fourth-order valence-electron chi connectivity index (χ4n) is 8.49. The Morgan fingerprint density at radius 3 is 1.42 bits per heavy atom. The Kier molecular flexibility index (Phi) is 36.4. The molecule has 3 rings (SSSR count). The van der Waals surface area contributed by atoms with Crippen LogP contribution >= 0.6 is 0 Å². The molecule has 9 N–H and O–H groups in total. The molecular formula is C63H91N7O13. The summed E-state index contributed by atoms with van der Waals surface area (Å²) in [5, 5.41) is 39.5. The minimum Gasteiger partial charge on any atom is -0.508 e. The number of ether oxygens (including phenoxy) is 4. The average Bonchev–Trinajstić information content (AvgIpc) is 3.52. The number of carbonyl (C=O) groups excluding carboxylic acids is 6. The number of aryl methyl sites for hydroxylation is 1. The smallest absolute Gasteiger partial charge is 0.303 e. The lowest BCUT2D eigenvalue weighted by molar-refractivity contribution is -0.137. The molecule has 20 heteroatoms. The van der Waals surface area contributed by atoms with Gasteiger partial charge in [-0.3, -0.25) is 33.6 Å². The van der Waals surface area contributed by atoms with Gasteiger partial charge in [-0.1, -0.05) is 86.9 Å². The molecule has 0 aliphatic rings. The summed E-state index contributed by atoms with van der Waals surface area (Å²) in [4.78, 5) is 88.4. The summed E-state index contributed by atoms with van der Waals surface area (Å²) in [5.41, 5.74) is 2.24. The molecule has 0 aliphatic carbocycles. The van der Waals surface area contributed by atoms with E-state index in [2.05, 4.69) is 49.7 Å². The van der Waals surface area contributed by atoms with Crippen molar-refractivity contribution in [1.29, 1.82) is 0 Å². The van der Waals surface area contributed by atoms with Crippen LogP contribution in [-0.2, 0) is 38.2 Å². The van der Waals surface area contributed by atoms with Crippen molar-refractivity contribution in [3.05, 3.63) is 102 Å². The second-order valence-electron chi connectivity index (χ2n) is 20.5. The lowest BCUT2D eigenvalue weighted by atomic mass is 10.0. The van der Waals surface area contributed by atoms with Gasteiger partial charge in [-0.25, -0.2) is 0 Å². The van der Waals surface area contributed by atoms with Crippen molar-refractivity contribution < 1.29 is 62.7 Å². The van der Waals surface area contributed by atoms with Gasteiger partial charge in [-0.05, 0) is 101 Å². The molecule has 3 aromatic carbocycles. The van der Waals surface area contributed by atoms with Gasteiger partial charge in [0.2, 0.25) is 23.6 Å². The number of aromatic hydroxyl groups is 1. The van der Waals surface area contributed by atoms with Crippen molar-refractivity contribution in [3.8, 4) is 23.8 Å². The number of nitrogens with one attached hydrogen (secondary N) is 7. The third-order valence-electron chi connectivity index (χ3n) is 13.1. The molecule has 83 heavy (non-hydrogen) atoms. The molecule has 1 unspecified atom stereocenters. The van der Waals surface area contributed by atoms with E-state index in [1.54, 1.807) is 48.5 Å². The van der Waals surface area contributed by atoms with Crippen LogP contribution in [0.1, 0.15) is 154 Å². The normalized spacial score (nSPS) is 11.5. The number of phenols is 1. The summed E-state index contributed by atoms with van der Waals surface area (Å²) in [6, 6.07) is 20.9. The average molecular weight is 1150 g/mol. The summed E-state index contributed by atoms with van der Waals surface area (Å²) >= 11 is 0. The van der Waals surface area contributed by atoms with Gasteiger partial charge in [-0.15, -0.1) is 6.42 Å². The van der Waals surface area contributed by atoms with Crippen LogP contribution in [0.3, 0.4) is 0 Å². The second kappa shape index (κ2) is 43.2. The zero-order valence-electron chi connectivity index (χ0n) is 48.7. The topological polar surface area (TPSA) is 281 Å². The van der Waals surface area contributed by atoms with Crippen molar-refractivity contribution >= 4 is 47.1 Å². The minimum absolute atomic E-state index is 0.000163. The van der Waals surface area contributed by atoms with Crippen LogP contribution in [0.5, 0.6) is 11.5 Å². The first-order valence-corrected chi connectivity index (χ1v) is 29.3. The first-order chi connectivity index (χ1) is 40.2. The number of unbranched alkanes of at least 4 members (excludes halogenated alkanes) is 10. The van der Waals surface area contributed by atoms with Gasteiger partial charge in [0.25, 0.3) is 11.8 Å². The van der Waals surface area contributed by atoms with Gasteiger partial charge in [-0.2, -0.15) is 0 Å². The number of aliphatic carboxylic acids is 1. The van der Waals surface area contributed by atoms with E-state index in [1.807, 2.05) is 31.2 Å². The van der Waals surface area contributed by atoms with Crippen LogP contribution in [-0.4, -0.2) is 143 Å². The molecule has 6 amide bonds. The number of amides is 6. The molecule has 0 aliphatic heterocycles. The van der Waals surface area contributed by atoms with Gasteiger partial charge in [0.15, 0.2) is 0 Å². The second-order valence-corrected chi connectivity index (χ2v) is 20.5. The molecule has 0 radical (unpaired) electrons. The highest BCUT2D eigenvalue weighted by Gasteiger charge is 2.34. The quantitative estimate of drug-likeness (QED) is 0.0206. The predicted octanol–water partition coefficient (Wildman–Crippen LogP) is 6.88. The maximum absolute atomic E-state index is 13.7. The van der Waals surface area contributed by atoms with Gasteiger partial charge >= 0.3 is 5.97 Å². The van der Waals surface area contributed by atoms with Crippen LogP contribution in [0.4, 0.5) is 0 Å². The van der Waals surface area contributed by atoms with Gasteiger partial charge in [0.05, 0.1) is 39.6 Å². The molecule has 0 heterocycles. The van der Waals surface area contributed by atoms with Crippen molar-refractivity contribution in [2.24, 2.45) is 0 Å². The molecule has 0 saturated carbocycles. The van der Waals surface area contributed by atoms with Crippen molar-refractivity contribution in [2.45, 2.75) is 134 Å². The Morgan fingerprint density at radius 2 is 0.940 bits per heavy atom. The van der Waals surface area contributed by atoms with Gasteiger partial charge in [0, 0.05) is 93.8 Å². The molecule has 3 aromatic rings. The number of carboxylic acid groups (broad SMARTS) is 1. The summed E-state index contributed by atoms with van der Waals surface area (Å²) in [5.74, 6) is 0.887. The zero-order valence-corrected chi connectivity index (χ0v) is 48.7. The zero-order chi connectivity index (χ0) is 60.2. The van der Waals surface area contributed by atoms with E-state index < -0.39 is 11.5 Å². The number of rotatable bonds is 48. The van der Waals surface area contributed by atoms with E-state index in [0.717, 1.165) is 56.1 Å². The predicted molar refractivity (Wildman–Crippen MR) is 319 cm³/mol. The fraction of sp³-hybridized carbons (Fsp3) is 0.540. The Hall–Kier alpha value is -7.47. The van der Waals surface area contributed by atoms with Crippen LogP contribution in [0.25, 0.3) is 5.70 Å². The molecular weight excluding hydrogens is 1060 g/mol. The lowest BCUT2D eigenvalue weighted by Gasteiger charge is -2.34. The highest BCUT2D eigenvalue weighted by atomic mass is 16.5. The minimum atomic E-state index is -1.27. The third-order valence-corrected chi connectivity index (χ3v) is 13.1. The first kappa shape index (κ1) is 69.8. The molecule has 0 spiro atoms. The molecule has 456 valence electrons. The Bertz CT molecular complexity index is 2390. The van der Waals surface area contributed by atoms with Crippen LogP contribution in [0, 0.1) is 19.3 Å². The van der Waals surface area contributed by atoms with Gasteiger partial charge < -0.3 is 66.4 Å². The van der Waals surface area contributed by atoms with E-state index in [0.29, 0.717) is 107 Å². The number of carbonyl (C=O) groups is 7. The Morgan fingerprint density at radius 1 is 0.506 bits per heavy atom. The number of hydrogen-bond acceptors (Lipinski definition) is 13. The standard InChI is InChI=1S/C63H91N7O13/c1-4-39-83-55-27-21-25-53(45-55)62(79)69-38-18-16-36-67-58(74)32-42-82-48-63(70-59(75)28-11-9-7-5-6-8-10-12-29-60(76)77,46-80-40-30-56(72)65-34-14-13-33-64-50(3)51-23-20-26-54(71)44-51)47-81-41-31-57(73)66-35-15-17-37-68-61(78)52-24-19-22-49(2)43-52/h1,19-27,43-45,64,71H,3,5-18,28-42,46-48H2,2H3,(H,65,72)(H,66,73)(H,67,74)(H,68,78)(H,69,79)(H,70,75)(H,76,77). The SMILES string of the molecule is C#CCOc1cccc(C(=O)NCCCCNC(=O)CCOCC(COCCC(=O)NCCCCNC(=C)c2cccc(O)c2)(COCCC(=O)NCCCCNC(=O)c2cccc(C)c2)NC(=O)CCCCCCCCCCC(=O)O)c1. The van der Waals surface area contributed by atoms with Crippen molar-refractivity contribution in [3.63, 3.8) is 0 Å². The largest absolute Gasteiger partial charge is 0.508 e. The third kappa shape index (κ3) is 33.9. The number of terminal acetylenes is 1. The fourth-order valence-corrected chi connectivity index (χ4v) is 8.49. The monoisotopic (exact) mass is 1150 g/mol. The summed E-state index contributed by atoms with van der Waals surface area (Å²) in [7, 11) is 0. The Balaban J connectivity index is 1.55. The van der Waals surface area contributed by atoms with E-state index in [-0.39, 0.29) is 120 Å². The van der Waals surface area contributed by atoms with E-state index in [4.69, 9.17) is 30.5 Å². The summed E-state index contributed by atoms with van der Waals surface area (Å²) < 4.78 is 23.7. The summed E-state index contributed by atoms with van der Waals surface area (Å²) in [6.45, 7) is 8.45. The molecule has 1 atom stereocenters. The van der Waals surface area contributed by atoms with Crippen molar-refractivity contribution in [2.75, 3.05) is 85.5 Å². The maximum atomic E-state index is 13.7. The van der Waals surface area contributed by atoms with Crippen LogP contribution < -0.4 is 42.0 Å². The Labute approximate surface area is 490 Å². The highest BCUT2D eigenvalue weighted by molar-refractivity contribution is 5.95. The van der Waals surface area contributed by atoms with Crippen LogP contribution in [0.15, 0.2) is 79.4 Å². The highest BCUT2D eigenvalue weighted by Crippen LogP contribution is 2.18. The van der Waals surface area contributed by atoms with E-state index in [9.17, 15) is 38.7 Å². The summed E-state index contributed by atoms with van der Waals surface area (Å²) in [6.07, 6.45) is 16.5. The number of benzene rings is 3. The van der Waals surface area contributed by atoms with Crippen molar-refractivity contribution in [1.82, 2.24) is 37.2 Å². The molecule has 0 bridgehead atoms. The first-order valence-electron chi connectivity index (χ1n) is 29.3. The molecule has 0 saturated heterocycles. The molecule has 20 nitrogen and oxygen atoms in total. The van der Waals surface area contributed by atoms with Crippen LogP contribution in [0.2, 0.25) is 0 Å².